The number of hydrogen-bond donors (Lipinski definition) is 3. The minimum atomic E-state index is -3.90. The van der Waals surface area contributed by atoms with Gasteiger partial charge in [0.05, 0.1) is 4.92 Å². The van der Waals surface area contributed by atoms with Crippen molar-refractivity contribution < 1.29 is 37.2 Å². The summed E-state index contributed by atoms with van der Waals surface area (Å²) in [5.74, 6) is -3.63. The van der Waals surface area contributed by atoms with Crippen LogP contribution in [-0.4, -0.2) is 36.9 Å². The number of nitro groups is 1. The quantitative estimate of drug-likeness (QED) is 0.186. The zero-order valence-electron chi connectivity index (χ0n) is 16.3. The highest BCUT2D eigenvalue weighted by atomic mass is 32.2. The Morgan fingerprint density at radius 3 is 2.55 bits per heavy atom. The third-order valence-corrected chi connectivity index (χ3v) is 6.77. The fourth-order valence-electron chi connectivity index (χ4n) is 2.52. The van der Waals surface area contributed by atoms with E-state index in [-0.39, 0.29) is 15.6 Å². The van der Waals surface area contributed by atoms with Gasteiger partial charge in [0.2, 0.25) is 5.82 Å². The molecule has 0 saturated carbocycles. The van der Waals surface area contributed by atoms with Crippen molar-refractivity contribution in [1.82, 2.24) is 0 Å². The van der Waals surface area contributed by atoms with Crippen LogP contribution in [0, 0.1) is 15.9 Å². The first kappa shape index (κ1) is 23.6. The molecule has 14 heteroatoms. The molecule has 0 radical (unpaired) electrons. The lowest BCUT2D eigenvalue weighted by atomic mass is 10.2. The Morgan fingerprint density at radius 1 is 1.15 bits per heavy atom. The molecule has 1 amide bonds. The number of nitrogens with one attached hydrogen (secondary N) is 2. The van der Waals surface area contributed by atoms with Crippen LogP contribution in [0.1, 0.15) is 10.4 Å². The lowest BCUT2D eigenvalue weighted by Crippen LogP contribution is -2.21. The van der Waals surface area contributed by atoms with Crippen LogP contribution in [0.4, 0.5) is 21.5 Å². The molecule has 0 aliphatic rings. The molecule has 0 unspecified atom stereocenters. The first-order valence-electron chi connectivity index (χ1n) is 8.87. The van der Waals surface area contributed by atoms with E-state index in [0.29, 0.717) is 0 Å². The van der Waals surface area contributed by atoms with Crippen LogP contribution in [0.3, 0.4) is 0 Å². The number of carbonyl (C=O) groups is 2. The lowest BCUT2D eigenvalue weighted by Gasteiger charge is -2.10. The second kappa shape index (κ2) is 9.62. The third kappa shape index (κ3) is 5.81. The number of sulfonamides is 1. The smallest absolute Gasteiger partial charge is 0.342 e. The van der Waals surface area contributed by atoms with Crippen molar-refractivity contribution in [3.05, 3.63) is 75.4 Å². The van der Waals surface area contributed by atoms with Crippen LogP contribution in [-0.2, 0) is 19.6 Å². The summed E-state index contributed by atoms with van der Waals surface area (Å²) in [7, 11) is -3.90. The Labute approximate surface area is 189 Å². The Bertz CT molecular complexity index is 1330. The van der Waals surface area contributed by atoms with E-state index in [4.69, 9.17) is 4.74 Å². The van der Waals surface area contributed by atoms with Crippen molar-refractivity contribution in [3.63, 3.8) is 0 Å². The van der Waals surface area contributed by atoms with Crippen LogP contribution < -0.4 is 10.0 Å². The molecule has 11 nitrogen and oxygen atoms in total. The molecule has 0 atom stereocenters. The molecular formula is C19H14FN3O8S2. The Kier molecular flexibility index (Phi) is 6.89. The largest absolute Gasteiger partial charge is 0.507 e. The fraction of sp³-hybridized carbons (Fsp3) is 0.0526. The van der Waals surface area contributed by atoms with E-state index in [0.717, 1.165) is 41.7 Å². The summed E-state index contributed by atoms with van der Waals surface area (Å²) < 4.78 is 45.1. The molecule has 0 aliphatic heterocycles. The Hall–Kier alpha value is -4.04. The van der Waals surface area contributed by atoms with Gasteiger partial charge in [-0.3, -0.25) is 19.6 Å². The van der Waals surface area contributed by atoms with Crippen molar-refractivity contribution in [2.75, 3.05) is 16.6 Å². The first-order chi connectivity index (χ1) is 15.6. The number of carbonyl (C=O) groups excluding carboxylic acids is 2. The van der Waals surface area contributed by atoms with Gasteiger partial charge < -0.3 is 15.2 Å². The van der Waals surface area contributed by atoms with Crippen molar-refractivity contribution in [2.45, 2.75) is 4.21 Å². The van der Waals surface area contributed by atoms with E-state index >= 15 is 0 Å². The average molecular weight is 495 g/mol. The zero-order chi connectivity index (χ0) is 24.2. The maximum atomic E-state index is 13.4. The third-order valence-electron chi connectivity index (χ3n) is 3.99. The number of hydrogen-bond acceptors (Lipinski definition) is 9. The molecule has 3 aromatic rings. The van der Waals surface area contributed by atoms with E-state index in [1.54, 1.807) is 11.4 Å². The second-order valence-electron chi connectivity index (χ2n) is 6.32. The SMILES string of the molecule is O=C(COC(=O)c1cc(NS(=O)(=O)c2cccs2)ccc1O)Nc1ccc(F)c([N+](=O)[O-])c1. The molecule has 172 valence electrons. The predicted molar refractivity (Wildman–Crippen MR) is 115 cm³/mol. The van der Waals surface area contributed by atoms with Gasteiger partial charge in [0.15, 0.2) is 6.61 Å². The number of ether oxygens (including phenoxy) is 1. The summed E-state index contributed by atoms with van der Waals surface area (Å²) in [5.41, 5.74) is -1.39. The van der Waals surface area contributed by atoms with Gasteiger partial charge in [-0.05, 0) is 41.8 Å². The number of rotatable bonds is 8. The number of phenolic OH excluding ortho intramolecular Hbond substituents is 1. The van der Waals surface area contributed by atoms with Gasteiger partial charge in [0.25, 0.3) is 15.9 Å². The molecule has 0 fully saturated rings. The highest BCUT2D eigenvalue weighted by Crippen LogP contribution is 2.26. The number of phenols is 1. The van der Waals surface area contributed by atoms with Gasteiger partial charge in [-0.25, -0.2) is 13.2 Å². The van der Waals surface area contributed by atoms with Gasteiger partial charge in [-0.2, -0.15) is 4.39 Å². The minimum absolute atomic E-state index is 0.0313. The fourth-order valence-corrected chi connectivity index (χ4v) is 4.56. The summed E-state index contributed by atoms with van der Waals surface area (Å²) in [6, 6.07) is 8.93. The maximum Gasteiger partial charge on any atom is 0.342 e. The summed E-state index contributed by atoms with van der Waals surface area (Å²) in [6.07, 6.45) is 0. The van der Waals surface area contributed by atoms with E-state index in [1.807, 2.05) is 0 Å². The molecule has 2 aromatic carbocycles. The van der Waals surface area contributed by atoms with Crippen molar-refractivity contribution in [2.24, 2.45) is 0 Å². The number of thiophene rings is 1. The number of nitrogens with zero attached hydrogens (tertiary/aromatic N) is 1. The van der Waals surface area contributed by atoms with Crippen LogP contribution in [0.15, 0.2) is 58.1 Å². The van der Waals surface area contributed by atoms with Gasteiger partial charge in [-0.15, -0.1) is 11.3 Å². The van der Waals surface area contributed by atoms with Gasteiger partial charge in [0, 0.05) is 17.4 Å². The van der Waals surface area contributed by atoms with Gasteiger partial charge in [0.1, 0.15) is 15.5 Å². The lowest BCUT2D eigenvalue weighted by molar-refractivity contribution is -0.387. The highest BCUT2D eigenvalue weighted by molar-refractivity contribution is 7.94. The molecule has 0 aliphatic carbocycles. The molecular weight excluding hydrogens is 481 g/mol. The van der Waals surface area contributed by atoms with E-state index in [9.17, 15) is 37.6 Å². The predicted octanol–water partition coefficient (Wildman–Crippen LogP) is 3.10. The number of aromatic hydroxyl groups is 1. The highest BCUT2D eigenvalue weighted by Gasteiger charge is 2.20. The van der Waals surface area contributed by atoms with Crippen LogP contribution >= 0.6 is 11.3 Å². The Balaban J connectivity index is 1.65. The number of amides is 1. The monoisotopic (exact) mass is 495 g/mol. The number of benzene rings is 2. The molecule has 1 aromatic heterocycles. The summed E-state index contributed by atoms with van der Waals surface area (Å²) >= 11 is 0.984. The van der Waals surface area contributed by atoms with Crippen molar-refractivity contribution in [3.8, 4) is 5.75 Å². The van der Waals surface area contributed by atoms with Crippen molar-refractivity contribution in [1.29, 1.82) is 0 Å². The number of nitro benzene ring substituents is 1. The first-order valence-corrected chi connectivity index (χ1v) is 11.2. The zero-order valence-corrected chi connectivity index (χ0v) is 18.0. The average Bonchev–Trinajstić information content (AvgIpc) is 3.30. The molecule has 1 heterocycles. The summed E-state index contributed by atoms with van der Waals surface area (Å²) in [4.78, 5) is 34.1. The molecule has 0 saturated heterocycles. The van der Waals surface area contributed by atoms with Gasteiger partial charge >= 0.3 is 11.7 Å². The van der Waals surface area contributed by atoms with Gasteiger partial charge in [-0.1, -0.05) is 6.07 Å². The molecule has 33 heavy (non-hydrogen) atoms. The van der Waals surface area contributed by atoms with Crippen LogP contribution in [0.2, 0.25) is 0 Å². The van der Waals surface area contributed by atoms with E-state index < -0.39 is 56.2 Å². The van der Waals surface area contributed by atoms with E-state index in [2.05, 4.69) is 10.0 Å². The summed E-state index contributed by atoms with van der Waals surface area (Å²) in [6.45, 7) is -0.839. The van der Waals surface area contributed by atoms with Crippen LogP contribution in [0.25, 0.3) is 0 Å². The number of esters is 1. The number of anilines is 2. The molecule has 3 N–H and O–H groups in total. The molecule has 0 bridgehead atoms. The normalized spacial score (nSPS) is 10.9. The maximum absolute atomic E-state index is 13.4. The van der Waals surface area contributed by atoms with Crippen LogP contribution in [0.5, 0.6) is 5.75 Å². The van der Waals surface area contributed by atoms with Crippen molar-refractivity contribution >= 4 is 50.3 Å². The minimum Gasteiger partial charge on any atom is -0.507 e. The Morgan fingerprint density at radius 2 is 1.88 bits per heavy atom. The second-order valence-corrected chi connectivity index (χ2v) is 9.17. The molecule has 0 spiro atoms. The number of halogens is 1. The topological polar surface area (TPSA) is 165 Å². The van der Waals surface area contributed by atoms with E-state index in [1.165, 1.54) is 12.1 Å². The summed E-state index contributed by atoms with van der Waals surface area (Å²) in [5, 5.41) is 24.5. The molecule has 3 rings (SSSR count). The standard InChI is InChI=1S/C19H14FN3O8S2/c20-14-5-3-11(9-15(14)23(27)28)21-17(25)10-31-19(26)13-8-12(4-6-16(13)24)22-33(29,30)18-2-1-7-32-18/h1-9,22,24H,10H2,(H,21,25).